The number of halogens is 3. The molecule has 0 saturated carbocycles. The van der Waals surface area contributed by atoms with Crippen molar-refractivity contribution in [1.29, 1.82) is 0 Å². The maximum atomic E-state index is 10.6. The molecule has 0 aliphatic rings. The van der Waals surface area contributed by atoms with Gasteiger partial charge in [0.05, 0.1) is 0 Å². The molecule has 86 valence electrons. The summed E-state index contributed by atoms with van der Waals surface area (Å²) in [6.07, 6.45) is -0.828. The number of carbonyl (C=O) groups is 1. The van der Waals surface area contributed by atoms with E-state index in [4.69, 9.17) is 9.90 Å². The van der Waals surface area contributed by atoms with Crippen molar-refractivity contribution in [2.24, 2.45) is 0 Å². The molecule has 0 aliphatic carbocycles. The van der Waals surface area contributed by atoms with Crippen molar-refractivity contribution in [2.75, 3.05) is 19.5 Å². The van der Waals surface area contributed by atoms with E-state index in [1.165, 1.54) is 19.0 Å². The van der Waals surface area contributed by atoms with Gasteiger partial charge in [-0.15, -0.1) is 7.92 Å². The summed E-state index contributed by atoms with van der Waals surface area (Å²) in [4.78, 5) is 8.90. The Morgan fingerprint density at radius 1 is 1.36 bits per heavy atom. The highest BCUT2D eigenvalue weighted by molar-refractivity contribution is 7.55. The molecule has 0 bridgehead atoms. The lowest BCUT2D eigenvalue weighted by molar-refractivity contribution is -0.192. The van der Waals surface area contributed by atoms with Gasteiger partial charge in [0.25, 0.3) is 0 Å². The molecule has 0 rings (SSSR count). The average Bonchev–Trinajstić information content (AvgIpc) is 2.00. The fraction of sp³-hybridized carbons (Fsp3) is 0.875. The van der Waals surface area contributed by atoms with E-state index in [1.807, 2.05) is 0 Å². The van der Waals surface area contributed by atoms with Gasteiger partial charge in [0.1, 0.15) is 0 Å². The van der Waals surface area contributed by atoms with Crippen LogP contribution in [0, 0.1) is 0 Å². The molecule has 0 aliphatic heterocycles. The standard InChI is InChI=1S/C6H15P.C2HF3O2/c1-4-5-6-7(2)3;3-2(4,5)1(6)7/h4-6H2,1-3H3;(H,6,7). The van der Waals surface area contributed by atoms with Gasteiger partial charge in [0, 0.05) is 0 Å². The molecule has 0 aromatic heterocycles. The Labute approximate surface area is 83.3 Å². The lowest BCUT2D eigenvalue weighted by Crippen LogP contribution is -2.21. The van der Waals surface area contributed by atoms with Crippen LogP contribution < -0.4 is 0 Å². The quantitative estimate of drug-likeness (QED) is 0.759. The summed E-state index contributed by atoms with van der Waals surface area (Å²) < 4.78 is 31.7. The predicted molar refractivity (Wildman–Crippen MR) is 52.2 cm³/mol. The zero-order valence-electron chi connectivity index (χ0n) is 8.56. The summed E-state index contributed by atoms with van der Waals surface area (Å²) >= 11 is 0. The monoisotopic (exact) mass is 232 g/mol. The summed E-state index contributed by atoms with van der Waals surface area (Å²) in [5, 5.41) is 7.12. The minimum atomic E-state index is -5.08. The van der Waals surface area contributed by atoms with Crippen LogP contribution in [0.3, 0.4) is 0 Å². The first-order valence-electron chi connectivity index (χ1n) is 4.16. The summed E-state index contributed by atoms with van der Waals surface area (Å²) in [6.45, 7) is 6.93. The molecule has 0 saturated heterocycles. The number of hydrogen-bond acceptors (Lipinski definition) is 1. The largest absolute Gasteiger partial charge is 0.490 e. The van der Waals surface area contributed by atoms with Gasteiger partial charge in [-0.3, -0.25) is 0 Å². The maximum Gasteiger partial charge on any atom is 0.490 e. The number of hydrogen-bond donors (Lipinski definition) is 1. The molecule has 14 heavy (non-hydrogen) atoms. The molecule has 0 fully saturated rings. The van der Waals surface area contributed by atoms with Gasteiger partial charge in [0.15, 0.2) is 0 Å². The molecule has 0 unspecified atom stereocenters. The van der Waals surface area contributed by atoms with E-state index < -0.39 is 12.1 Å². The van der Waals surface area contributed by atoms with Gasteiger partial charge in [-0.05, 0) is 25.9 Å². The fourth-order valence-corrected chi connectivity index (χ4v) is 1.42. The molecule has 6 heteroatoms. The van der Waals surface area contributed by atoms with Crippen LogP contribution in [-0.2, 0) is 4.79 Å². The summed E-state index contributed by atoms with van der Waals surface area (Å²) in [7, 11) is 0.394. The lowest BCUT2D eigenvalue weighted by atomic mass is 10.4. The SMILES string of the molecule is CCCCP(C)C.O=C(O)C(F)(F)F. The van der Waals surface area contributed by atoms with E-state index in [-0.39, 0.29) is 0 Å². The van der Waals surface area contributed by atoms with Crippen molar-refractivity contribution in [1.82, 2.24) is 0 Å². The second-order valence-corrected chi connectivity index (χ2v) is 5.57. The van der Waals surface area contributed by atoms with Crippen molar-refractivity contribution < 1.29 is 23.1 Å². The summed E-state index contributed by atoms with van der Waals surface area (Å²) in [5.74, 6) is -2.76. The Kier molecular flexibility index (Phi) is 9.26. The molecular weight excluding hydrogens is 216 g/mol. The third-order valence-corrected chi connectivity index (χ3v) is 2.41. The summed E-state index contributed by atoms with van der Waals surface area (Å²) in [5.41, 5.74) is 0. The molecule has 1 N–H and O–H groups in total. The van der Waals surface area contributed by atoms with Crippen LogP contribution in [0.15, 0.2) is 0 Å². The predicted octanol–water partition coefficient (Wildman–Crippen LogP) is 3.16. The highest BCUT2D eigenvalue weighted by atomic mass is 31.1. The van der Waals surface area contributed by atoms with E-state index in [0.29, 0.717) is 7.92 Å². The Balaban J connectivity index is 0. The number of aliphatic carboxylic acids is 1. The summed E-state index contributed by atoms with van der Waals surface area (Å²) in [6, 6.07) is 0. The van der Waals surface area contributed by atoms with Crippen LogP contribution >= 0.6 is 7.92 Å². The van der Waals surface area contributed by atoms with Crippen LogP contribution in [0.2, 0.25) is 0 Å². The lowest BCUT2D eigenvalue weighted by Gasteiger charge is -2.00. The fourth-order valence-electron chi connectivity index (χ4n) is 0.474. The first-order valence-corrected chi connectivity index (χ1v) is 6.58. The Morgan fingerprint density at radius 2 is 1.71 bits per heavy atom. The maximum absolute atomic E-state index is 10.6. The van der Waals surface area contributed by atoms with E-state index in [1.54, 1.807) is 0 Å². The molecule has 0 heterocycles. The van der Waals surface area contributed by atoms with E-state index >= 15 is 0 Å². The first kappa shape index (κ1) is 16.1. The van der Waals surface area contributed by atoms with Crippen molar-refractivity contribution in [3.05, 3.63) is 0 Å². The molecular formula is C8H16F3O2P. The Hall–Kier alpha value is -0.310. The van der Waals surface area contributed by atoms with Gasteiger partial charge in [-0.25, -0.2) is 4.79 Å². The highest BCUT2D eigenvalue weighted by Gasteiger charge is 2.38. The van der Waals surface area contributed by atoms with Crippen LogP contribution in [0.5, 0.6) is 0 Å². The van der Waals surface area contributed by atoms with Crippen LogP contribution in [0.1, 0.15) is 19.8 Å². The van der Waals surface area contributed by atoms with Gasteiger partial charge >= 0.3 is 12.1 Å². The van der Waals surface area contributed by atoms with Crippen LogP contribution in [0.4, 0.5) is 13.2 Å². The third kappa shape index (κ3) is 14.2. The van der Waals surface area contributed by atoms with E-state index in [9.17, 15) is 13.2 Å². The van der Waals surface area contributed by atoms with Crippen LogP contribution in [0.25, 0.3) is 0 Å². The van der Waals surface area contributed by atoms with E-state index in [2.05, 4.69) is 20.3 Å². The zero-order chi connectivity index (χ0) is 11.8. The molecule has 2 nitrogen and oxygen atoms in total. The normalized spacial score (nSPS) is 10.8. The van der Waals surface area contributed by atoms with Crippen molar-refractivity contribution in [3.63, 3.8) is 0 Å². The van der Waals surface area contributed by atoms with Gasteiger partial charge in [0.2, 0.25) is 0 Å². The van der Waals surface area contributed by atoms with Crippen molar-refractivity contribution in [2.45, 2.75) is 25.9 Å². The van der Waals surface area contributed by atoms with Gasteiger partial charge in [-0.1, -0.05) is 13.3 Å². The third-order valence-electron chi connectivity index (χ3n) is 1.20. The molecule has 0 spiro atoms. The topological polar surface area (TPSA) is 37.3 Å². The second-order valence-electron chi connectivity index (χ2n) is 2.96. The van der Waals surface area contributed by atoms with Crippen molar-refractivity contribution in [3.8, 4) is 0 Å². The average molecular weight is 232 g/mol. The minimum Gasteiger partial charge on any atom is -0.475 e. The Morgan fingerprint density at radius 3 is 1.79 bits per heavy atom. The smallest absolute Gasteiger partial charge is 0.475 e. The molecule has 0 aromatic carbocycles. The number of carboxylic acid groups (broad SMARTS) is 1. The van der Waals surface area contributed by atoms with Crippen molar-refractivity contribution >= 4 is 13.9 Å². The molecule has 0 amide bonds. The molecule has 0 radical (unpaired) electrons. The Bertz CT molecular complexity index is 157. The molecule has 0 atom stereocenters. The number of rotatable bonds is 3. The number of carboxylic acids is 1. The zero-order valence-corrected chi connectivity index (χ0v) is 9.45. The first-order chi connectivity index (χ1) is 6.21. The minimum absolute atomic E-state index is 0.394. The number of unbranched alkanes of at least 4 members (excludes halogenated alkanes) is 1. The number of alkyl halides is 3. The van der Waals surface area contributed by atoms with Gasteiger partial charge in [-0.2, -0.15) is 13.2 Å². The van der Waals surface area contributed by atoms with E-state index in [0.717, 1.165) is 0 Å². The second kappa shape index (κ2) is 8.04. The molecule has 0 aromatic rings. The highest BCUT2D eigenvalue weighted by Crippen LogP contribution is 2.25. The van der Waals surface area contributed by atoms with Crippen LogP contribution in [-0.4, -0.2) is 36.7 Å². The van der Waals surface area contributed by atoms with Gasteiger partial charge < -0.3 is 5.11 Å².